The molecule has 0 radical (unpaired) electrons. The number of aromatic nitrogens is 2. The normalized spacial score (nSPS) is 14.4. The Morgan fingerprint density at radius 3 is 2.50 bits per heavy atom. The van der Waals surface area contributed by atoms with Crippen LogP contribution >= 0.6 is 15.9 Å². The van der Waals surface area contributed by atoms with Crippen molar-refractivity contribution in [3.05, 3.63) is 34.9 Å². The van der Waals surface area contributed by atoms with Crippen molar-refractivity contribution in [3.63, 3.8) is 0 Å². The summed E-state index contributed by atoms with van der Waals surface area (Å²) >= 11 is 3.42. The number of benzene rings is 1. The molecule has 1 aromatic heterocycles. The molecule has 2 aromatic rings. The number of aliphatic hydroxyl groups is 1. The van der Waals surface area contributed by atoms with Crippen molar-refractivity contribution >= 4 is 54.1 Å². The molecule has 0 fully saturated rings. The molecule has 1 unspecified atom stereocenters. The molecule has 1 aromatic carbocycles. The van der Waals surface area contributed by atoms with Crippen LogP contribution in [-0.4, -0.2) is 47.1 Å². The molecular weight excluding hydrogens is 490 g/mol. The molecule has 0 aliphatic carbocycles. The molecule has 0 aliphatic rings. The quantitative estimate of drug-likeness (QED) is 0.458. The zero-order valence-corrected chi connectivity index (χ0v) is 20.9. The average molecular weight is 519 g/mol. The number of anilines is 3. The second kappa shape index (κ2) is 10.2. The van der Waals surface area contributed by atoms with Crippen LogP contribution in [0.15, 0.2) is 43.6 Å². The highest BCUT2D eigenvalue weighted by Crippen LogP contribution is 2.25. The van der Waals surface area contributed by atoms with Gasteiger partial charge in [-0.05, 0) is 73.6 Å². The Labute approximate surface area is 189 Å². The lowest BCUT2D eigenvalue weighted by atomic mass is 10.0. The topological polar surface area (TPSA) is 117 Å². The lowest BCUT2D eigenvalue weighted by molar-refractivity contribution is 0.0647. The number of nitrogens with zero attached hydrogens (tertiary/aromatic N) is 3. The third-order valence-corrected chi connectivity index (χ3v) is 8.56. The molecule has 0 bridgehead atoms. The molecule has 2 rings (SSSR count). The summed E-state index contributed by atoms with van der Waals surface area (Å²) in [6, 6.07) is 7.11. The van der Waals surface area contributed by atoms with E-state index in [1.165, 1.54) is 0 Å². The minimum absolute atomic E-state index is 0.0628. The molecule has 0 spiro atoms. The minimum Gasteiger partial charge on any atom is -0.388 e. The first-order chi connectivity index (χ1) is 13.9. The summed E-state index contributed by atoms with van der Waals surface area (Å²) < 4.78 is 28.5. The van der Waals surface area contributed by atoms with E-state index in [0.29, 0.717) is 22.7 Å². The Morgan fingerprint density at radius 1 is 1.30 bits per heavy atom. The first-order valence-electron chi connectivity index (χ1n) is 9.41. The van der Waals surface area contributed by atoms with Gasteiger partial charge in [0.05, 0.1) is 21.9 Å². The molecule has 30 heavy (non-hydrogen) atoms. The monoisotopic (exact) mass is 517 g/mol. The molecule has 3 N–H and O–H groups in total. The van der Waals surface area contributed by atoms with Gasteiger partial charge < -0.3 is 15.7 Å². The maximum atomic E-state index is 11.9. The number of sulfonamides is 1. The zero-order valence-electron chi connectivity index (χ0n) is 17.7. The number of halogens is 1. The molecular formula is C19H28BrN5O3S2. The third-order valence-electron chi connectivity index (χ3n) is 4.30. The summed E-state index contributed by atoms with van der Waals surface area (Å²) in [6.07, 6.45) is 3.96. The van der Waals surface area contributed by atoms with Gasteiger partial charge in [0, 0.05) is 16.8 Å². The number of hydrogen-bond acceptors (Lipinski definition) is 7. The smallest absolute Gasteiger partial charge is 0.258 e. The van der Waals surface area contributed by atoms with Crippen molar-refractivity contribution in [2.24, 2.45) is 3.77 Å². The molecule has 0 aliphatic heterocycles. The van der Waals surface area contributed by atoms with Crippen LogP contribution in [-0.2, 0) is 20.7 Å². The van der Waals surface area contributed by atoms with E-state index in [-0.39, 0.29) is 11.8 Å². The highest BCUT2D eigenvalue weighted by Gasteiger charge is 2.23. The average Bonchev–Trinajstić information content (AvgIpc) is 2.63. The molecule has 1 heterocycles. The first kappa shape index (κ1) is 24.7. The molecule has 0 saturated heterocycles. The standard InChI is InChI=1S/C19H28BrN5O3S2/c1-6-11-30(27,28)25-29(5)15-9-7-14(8-10-15)23-18-21-12-16(20)17(24-18)22-13(2)19(3,4)26/h7-10,12-13,26H,6,11H2,1-5H3,(H2,21,22,23,24)/t13-,29?/m1/s1. The maximum absolute atomic E-state index is 11.9. The third kappa shape index (κ3) is 7.29. The highest BCUT2D eigenvalue weighted by atomic mass is 79.9. The van der Waals surface area contributed by atoms with Gasteiger partial charge in [0.2, 0.25) is 5.95 Å². The summed E-state index contributed by atoms with van der Waals surface area (Å²) in [6.45, 7) is 7.13. The van der Waals surface area contributed by atoms with Gasteiger partial charge in [-0.25, -0.2) is 13.4 Å². The Balaban J connectivity index is 2.16. The Hall–Kier alpha value is -1.56. The molecule has 166 valence electrons. The summed E-state index contributed by atoms with van der Waals surface area (Å²) in [4.78, 5) is 9.55. The van der Waals surface area contributed by atoms with Crippen molar-refractivity contribution in [1.82, 2.24) is 9.97 Å². The van der Waals surface area contributed by atoms with Gasteiger partial charge in [0.25, 0.3) is 10.0 Å². The van der Waals surface area contributed by atoms with E-state index < -0.39 is 26.3 Å². The van der Waals surface area contributed by atoms with Gasteiger partial charge in [-0.1, -0.05) is 17.6 Å². The van der Waals surface area contributed by atoms with Crippen molar-refractivity contribution in [2.75, 3.05) is 22.6 Å². The fraction of sp³-hybridized carbons (Fsp3) is 0.474. The second-order valence-electron chi connectivity index (χ2n) is 7.40. The molecule has 8 nitrogen and oxygen atoms in total. The summed E-state index contributed by atoms with van der Waals surface area (Å²) in [5, 5.41) is 16.4. The Bertz CT molecular complexity index is 1010. The van der Waals surface area contributed by atoms with Crippen LogP contribution in [0.25, 0.3) is 0 Å². The number of hydrogen-bond donors (Lipinski definition) is 3. The second-order valence-corrected chi connectivity index (χ2v) is 11.8. The predicted molar refractivity (Wildman–Crippen MR) is 127 cm³/mol. The van der Waals surface area contributed by atoms with Crippen molar-refractivity contribution < 1.29 is 13.5 Å². The largest absolute Gasteiger partial charge is 0.388 e. The summed E-state index contributed by atoms with van der Waals surface area (Å²) in [5.41, 5.74) is -0.156. The Kier molecular flexibility index (Phi) is 8.37. The maximum Gasteiger partial charge on any atom is 0.258 e. The van der Waals surface area contributed by atoms with Crippen molar-refractivity contribution in [1.29, 1.82) is 0 Å². The first-order valence-corrected chi connectivity index (χ1v) is 13.4. The minimum atomic E-state index is -3.39. The van der Waals surface area contributed by atoms with Crippen LogP contribution in [0.2, 0.25) is 0 Å². The zero-order chi connectivity index (χ0) is 22.5. The number of rotatable bonds is 9. The van der Waals surface area contributed by atoms with E-state index in [2.05, 4.69) is 40.3 Å². The van der Waals surface area contributed by atoms with Crippen LogP contribution < -0.4 is 10.6 Å². The van der Waals surface area contributed by atoms with Crippen LogP contribution in [0.5, 0.6) is 0 Å². The summed E-state index contributed by atoms with van der Waals surface area (Å²) in [5.74, 6) is 1.02. The molecule has 2 atom stereocenters. The van der Waals surface area contributed by atoms with Crippen LogP contribution in [0.3, 0.4) is 0 Å². The van der Waals surface area contributed by atoms with E-state index in [0.717, 1.165) is 10.6 Å². The van der Waals surface area contributed by atoms with Gasteiger partial charge in [-0.15, -0.1) is 3.77 Å². The lowest BCUT2D eigenvalue weighted by Crippen LogP contribution is -2.39. The predicted octanol–water partition coefficient (Wildman–Crippen LogP) is 4.08. The highest BCUT2D eigenvalue weighted by molar-refractivity contribution is 9.10. The van der Waals surface area contributed by atoms with Gasteiger partial charge in [-0.2, -0.15) is 4.98 Å². The van der Waals surface area contributed by atoms with Gasteiger partial charge >= 0.3 is 0 Å². The number of nitrogens with one attached hydrogen (secondary N) is 2. The van der Waals surface area contributed by atoms with E-state index in [9.17, 15) is 13.5 Å². The molecule has 0 saturated carbocycles. The van der Waals surface area contributed by atoms with E-state index >= 15 is 0 Å². The van der Waals surface area contributed by atoms with Crippen molar-refractivity contribution in [3.8, 4) is 0 Å². The van der Waals surface area contributed by atoms with Gasteiger partial charge in [0.1, 0.15) is 5.82 Å². The SMILES string of the molecule is CCCS(=O)(=O)/N=S(\C)c1ccc(Nc2ncc(Br)c(N[C@H](C)C(C)(C)O)n2)cc1. The fourth-order valence-electron chi connectivity index (χ4n) is 2.28. The van der Waals surface area contributed by atoms with Gasteiger partial charge in [0.15, 0.2) is 0 Å². The lowest BCUT2D eigenvalue weighted by Gasteiger charge is -2.27. The van der Waals surface area contributed by atoms with Crippen LogP contribution in [0.4, 0.5) is 17.5 Å². The van der Waals surface area contributed by atoms with Crippen LogP contribution in [0.1, 0.15) is 34.1 Å². The summed E-state index contributed by atoms with van der Waals surface area (Å²) in [7, 11) is -4.14. The molecule has 0 amide bonds. The van der Waals surface area contributed by atoms with E-state index in [4.69, 9.17) is 0 Å². The van der Waals surface area contributed by atoms with E-state index in [1.54, 1.807) is 26.3 Å². The fourth-order valence-corrected chi connectivity index (χ4v) is 5.64. The van der Waals surface area contributed by atoms with E-state index in [1.807, 2.05) is 38.1 Å². The van der Waals surface area contributed by atoms with Gasteiger partial charge in [-0.3, -0.25) is 0 Å². The molecule has 11 heteroatoms. The van der Waals surface area contributed by atoms with Crippen LogP contribution in [0, 0.1) is 0 Å². The Morgan fingerprint density at radius 2 is 1.93 bits per heavy atom. The van der Waals surface area contributed by atoms with Crippen molar-refractivity contribution in [2.45, 2.75) is 50.7 Å².